The number of hydrogen-bond donors (Lipinski definition) is 1. The van der Waals surface area contributed by atoms with E-state index < -0.39 is 5.91 Å². The number of amides is 1. The molecule has 0 aliphatic heterocycles. The Balaban J connectivity index is 2.14. The first-order chi connectivity index (χ1) is 11.0. The predicted molar refractivity (Wildman–Crippen MR) is 87.6 cm³/mol. The number of benzene rings is 1. The van der Waals surface area contributed by atoms with Crippen molar-refractivity contribution in [1.82, 2.24) is 15.2 Å². The summed E-state index contributed by atoms with van der Waals surface area (Å²) in [7, 11) is 4.76. The number of hydrazone groups is 1. The van der Waals surface area contributed by atoms with Gasteiger partial charge in [-0.15, -0.1) is 0 Å². The Morgan fingerprint density at radius 1 is 1.39 bits per heavy atom. The average molecular weight is 337 g/mol. The molecule has 1 aromatic heterocycles. The first-order valence-electron chi connectivity index (χ1n) is 6.72. The van der Waals surface area contributed by atoms with Crippen LogP contribution < -0.4 is 14.9 Å². The standard InChI is InChI=1S/C15H17ClN4O3/c1-9-13(16)14(20(2)19-9)15(21)18-17-8-10-5-6-11(22-3)7-12(10)23-4/h5-8H,1-4H3,(H,18,21)/b17-8-. The SMILES string of the molecule is COc1ccc(/C=N\NC(=O)c2c(Cl)c(C)nn2C)c(OC)c1. The van der Waals surface area contributed by atoms with Crippen molar-refractivity contribution in [2.45, 2.75) is 6.92 Å². The van der Waals surface area contributed by atoms with Crippen LogP contribution in [0.2, 0.25) is 5.02 Å². The maximum Gasteiger partial charge on any atom is 0.291 e. The molecule has 23 heavy (non-hydrogen) atoms. The Bertz CT molecular complexity index is 755. The molecule has 0 saturated heterocycles. The van der Waals surface area contributed by atoms with E-state index in [2.05, 4.69) is 15.6 Å². The summed E-state index contributed by atoms with van der Waals surface area (Å²) in [4.78, 5) is 12.1. The molecule has 2 aromatic rings. The summed E-state index contributed by atoms with van der Waals surface area (Å²) in [5.74, 6) is 0.804. The van der Waals surface area contributed by atoms with E-state index in [1.165, 1.54) is 10.9 Å². The zero-order valence-electron chi connectivity index (χ0n) is 13.3. The lowest BCUT2D eigenvalue weighted by molar-refractivity contribution is 0.0946. The first-order valence-corrected chi connectivity index (χ1v) is 7.10. The van der Waals surface area contributed by atoms with E-state index in [0.717, 1.165) is 0 Å². The van der Waals surface area contributed by atoms with Crippen molar-refractivity contribution in [2.75, 3.05) is 14.2 Å². The smallest absolute Gasteiger partial charge is 0.291 e. The molecule has 0 unspecified atom stereocenters. The van der Waals surface area contributed by atoms with Crippen molar-refractivity contribution in [3.8, 4) is 11.5 Å². The molecule has 0 fully saturated rings. The molecule has 0 aliphatic rings. The Kier molecular flexibility index (Phi) is 5.23. The third-order valence-electron chi connectivity index (χ3n) is 3.17. The van der Waals surface area contributed by atoms with E-state index in [1.54, 1.807) is 46.4 Å². The van der Waals surface area contributed by atoms with Crippen LogP contribution in [-0.2, 0) is 7.05 Å². The molecule has 0 aliphatic carbocycles. The number of carbonyl (C=O) groups excluding carboxylic acids is 1. The van der Waals surface area contributed by atoms with E-state index >= 15 is 0 Å². The van der Waals surface area contributed by atoms with Crippen molar-refractivity contribution >= 4 is 23.7 Å². The fraction of sp³-hybridized carbons (Fsp3) is 0.267. The molecule has 1 heterocycles. The Morgan fingerprint density at radius 3 is 2.70 bits per heavy atom. The van der Waals surface area contributed by atoms with Gasteiger partial charge in [0, 0.05) is 18.7 Å². The predicted octanol–water partition coefficient (Wildman–Crippen LogP) is 2.16. The van der Waals surface area contributed by atoms with Crippen LogP contribution in [0.25, 0.3) is 0 Å². The van der Waals surface area contributed by atoms with Gasteiger partial charge in [-0.05, 0) is 19.1 Å². The number of aryl methyl sites for hydroxylation is 2. The highest BCUT2D eigenvalue weighted by molar-refractivity contribution is 6.34. The molecular weight excluding hydrogens is 320 g/mol. The van der Waals surface area contributed by atoms with Gasteiger partial charge in [-0.1, -0.05) is 11.6 Å². The molecule has 8 heteroatoms. The molecule has 7 nitrogen and oxygen atoms in total. The molecule has 1 N–H and O–H groups in total. The van der Waals surface area contributed by atoms with E-state index in [0.29, 0.717) is 27.8 Å². The van der Waals surface area contributed by atoms with Gasteiger partial charge in [0.05, 0.1) is 31.2 Å². The van der Waals surface area contributed by atoms with Crippen LogP contribution in [0.3, 0.4) is 0 Å². The maximum atomic E-state index is 12.1. The fourth-order valence-electron chi connectivity index (χ4n) is 2.02. The molecule has 0 bridgehead atoms. The van der Waals surface area contributed by atoms with Gasteiger partial charge in [0.1, 0.15) is 17.2 Å². The molecule has 0 radical (unpaired) electrons. The number of methoxy groups -OCH3 is 2. The van der Waals surface area contributed by atoms with Crippen LogP contribution in [0.15, 0.2) is 23.3 Å². The lowest BCUT2D eigenvalue weighted by atomic mass is 10.2. The molecule has 0 atom stereocenters. The number of nitrogens with zero attached hydrogens (tertiary/aromatic N) is 3. The second-order valence-corrected chi connectivity index (χ2v) is 5.06. The number of carbonyl (C=O) groups is 1. The third kappa shape index (κ3) is 3.62. The molecule has 0 spiro atoms. The second-order valence-electron chi connectivity index (χ2n) is 4.68. The molecule has 2 rings (SSSR count). The monoisotopic (exact) mass is 336 g/mol. The van der Waals surface area contributed by atoms with Gasteiger partial charge in [-0.3, -0.25) is 9.48 Å². The van der Waals surface area contributed by atoms with Crippen LogP contribution in [0.4, 0.5) is 0 Å². The Labute approximate surface area is 138 Å². The number of halogens is 1. The Morgan fingerprint density at radius 2 is 2.13 bits per heavy atom. The molecule has 1 amide bonds. The lowest BCUT2D eigenvalue weighted by Crippen LogP contribution is -2.21. The van der Waals surface area contributed by atoms with E-state index in [4.69, 9.17) is 21.1 Å². The molecule has 0 saturated carbocycles. The van der Waals surface area contributed by atoms with Crippen LogP contribution >= 0.6 is 11.6 Å². The van der Waals surface area contributed by atoms with Gasteiger partial charge in [-0.2, -0.15) is 10.2 Å². The van der Waals surface area contributed by atoms with E-state index in [9.17, 15) is 4.79 Å². The third-order valence-corrected chi connectivity index (χ3v) is 3.63. The lowest BCUT2D eigenvalue weighted by Gasteiger charge is -2.07. The van der Waals surface area contributed by atoms with Crippen molar-refractivity contribution in [2.24, 2.45) is 12.1 Å². The zero-order chi connectivity index (χ0) is 17.0. The van der Waals surface area contributed by atoms with Gasteiger partial charge in [0.15, 0.2) is 0 Å². The zero-order valence-corrected chi connectivity index (χ0v) is 14.0. The number of aromatic nitrogens is 2. The quantitative estimate of drug-likeness (QED) is 0.670. The Hall–Kier alpha value is -2.54. The van der Waals surface area contributed by atoms with Gasteiger partial charge < -0.3 is 9.47 Å². The largest absolute Gasteiger partial charge is 0.497 e. The number of hydrogen-bond acceptors (Lipinski definition) is 5. The summed E-state index contributed by atoms with van der Waals surface area (Å²) in [6.45, 7) is 1.73. The summed E-state index contributed by atoms with van der Waals surface area (Å²) < 4.78 is 11.8. The minimum absolute atomic E-state index is 0.253. The van der Waals surface area contributed by atoms with Gasteiger partial charge in [-0.25, -0.2) is 5.43 Å². The summed E-state index contributed by atoms with van der Waals surface area (Å²) in [5.41, 5.74) is 3.95. The fourth-order valence-corrected chi connectivity index (χ4v) is 2.26. The maximum absolute atomic E-state index is 12.1. The number of ether oxygens (including phenoxy) is 2. The molecular formula is C15H17ClN4O3. The van der Waals surface area contributed by atoms with Crippen molar-refractivity contribution < 1.29 is 14.3 Å². The minimum atomic E-state index is -0.443. The summed E-state index contributed by atoms with van der Waals surface area (Å²) in [6.07, 6.45) is 1.48. The molecule has 122 valence electrons. The van der Waals surface area contributed by atoms with Crippen LogP contribution in [0.5, 0.6) is 11.5 Å². The minimum Gasteiger partial charge on any atom is -0.497 e. The van der Waals surface area contributed by atoms with Crippen LogP contribution in [0, 0.1) is 6.92 Å². The van der Waals surface area contributed by atoms with Gasteiger partial charge >= 0.3 is 0 Å². The highest BCUT2D eigenvalue weighted by Crippen LogP contribution is 2.23. The summed E-state index contributed by atoms with van der Waals surface area (Å²) in [5, 5.41) is 8.32. The number of rotatable bonds is 5. The second kappa shape index (κ2) is 7.15. The van der Waals surface area contributed by atoms with Crippen LogP contribution in [-0.4, -0.2) is 36.1 Å². The highest BCUT2D eigenvalue weighted by atomic mass is 35.5. The van der Waals surface area contributed by atoms with E-state index in [-0.39, 0.29) is 5.69 Å². The normalized spacial score (nSPS) is 10.8. The summed E-state index contributed by atoms with van der Waals surface area (Å²) >= 11 is 6.06. The van der Waals surface area contributed by atoms with Gasteiger partial charge in [0.25, 0.3) is 5.91 Å². The van der Waals surface area contributed by atoms with Crippen molar-refractivity contribution in [3.63, 3.8) is 0 Å². The van der Waals surface area contributed by atoms with Crippen molar-refractivity contribution in [1.29, 1.82) is 0 Å². The first kappa shape index (κ1) is 16.8. The van der Waals surface area contributed by atoms with Crippen LogP contribution in [0.1, 0.15) is 21.7 Å². The summed E-state index contributed by atoms with van der Waals surface area (Å²) in [6, 6.07) is 5.27. The average Bonchev–Trinajstić information content (AvgIpc) is 2.80. The topological polar surface area (TPSA) is 77.7 Å². The molecule has 1 aromatic carbocycles. The van der Waals surface area contributed by atoms with E-state index in [1.807, 2.05) is 0 Å². The van der Waals surface area contributed by atoms with Crippen molar-refractivity contribution in [3.05, 3.63) is 40.2 Å². The van der Waals surface area contributed by atoms with Gasteiger partial charge in [0.2, 0.25) is 0 Å². The number of nitrogens with one attached hydrogen (secondary N) is 1. The highest BCUT2D eigenvalue weighted by Gasteiger charge is 2.18.